The molecule has 1 nitrogen and oxygen atoms in total. The van der Waals surface area contributed by atoms with Crippen molar-refractivity contribution in [3.05, 3.63) is 117 Å². The minimum Gasteiger partial charge on any atom is -0.297 e. The van der Waals surface area contributed by atoms with Crippen LogP contribution >= 0.6 is 11.3 Å². The standard InChI is InChI=1S/C24H16OS/c25-16-18-14-15-23(26-18)24(17-8-2-1-3-9-17)21-12-6-4-10-19(21)20-11-5-7-13-22(20)24/h1-16H. The highest BCUT2D eigenvalue weighted by atomic mass is 32.1. The van der Waals surface area contributed by atoms with Gasteiger partial charge in [-0.3, -0.25) is 4.79 Å². The van der Waals surface area contributed by atoms with Gasteiger partial charge >= 0.3 is 0 Å². The summed E-state index contributed by atoms with van der Waals surface area (Å²) in [5.41, 5.74) is 5.97. The van der Waals surface area contributed by atoms with Gasteiger partial charge in [-0.1, -0.05) is 78.9 Å². The summed E-state index contributed by atoms with van der Waals surface area (Å²) < 4.78 is 0. The first-order valence-corrected chi connectivity index (χ1v) is 9.48. The van der Waals surface area contributed by atoms with Crippen LogP contribution in [0.25, 0.3) is 11.1 Å². The summed E-state index contributed by atoms with van der Waals surface area (Å²) in [7, 11) is 0. The van der Waals surface area contributed by atoms with Crippen LogP contribution in [-0.2, 0) is 5.41 Å². The third kappa shape index (κ3) is 1.94. The van der Waals surface area contributed by atoms with E-state index in [1.807, 2.05) is 6.07 Å². The zero-order valence-electron chi connectivity index (χ0n) is 14.1. The van der Waals surface area contributed by atoms with E-state index >= 15 is 0 Å². The van der Waals surface area contributed by atoms with Gasteiger partial charge in [0.2, 0.25) is 0 Å². The molecule has 124 valence electrons. The van der Waals surface area contributed by atoms with Gasteiger partial charge in [-0.05, 0) is 39.9 Å². The molecular formula is C24H16OS. The Balaban J connectivity index is 1.96. The van der Waals surface area contributed by atoms with Crippen LogP contribution in [0.1, 0.15) is 31.2 Å². The topological polar surface area (TPSA) is 17.1 Å². The maximum absolute atomic E-state index is 11.4. The lowest BCUT2D eigenvalue weighted by Crippen LogP contribution is -2.27. The van der Waals surface area contributed by atoms with Crippen LogP contribution in [-0.4, -0.2) is 6.29 Å². The zero-order chi connectivity index (χ0) is 17.6. The summed E-state index contributed by atoms with van der Waals surface area (Å²) >= 11 is 1.58. The van der Waals surface area contributed by atoms with Crippen molar-refractivity contribution in [1.29, 1.82) is 0 Å². The SMILES string of the molecule is O=Cc1ccc(C2(c3ccccc3)c3ccccc3-c3ccccc32)s1. The molecule has 26 heavy (non-hydrogen) atoms. The van der Waals surface area contributed by atoms with Crippen molar-refractivity contribution in [2.45, 2.75) is 5.41 Å². The van der Waals surface area contributed by atoms with Crippen LogP contribution in [0.2, 0.25) is 0 Å². The van der Waals surface area contributed by atoms with Gasteiger partial charge in [-0.25, -0.2) is 0 Å². The Kier molecular flexibility index (Phi) is 3.41. The molecule has 0 amide bonds. The van der Waals surface area contributed by atoms with Gasteiger partial charge in [0.25, 0.3) is 0 Å². The molecule has 0 N–H and O–H groups in total. The Morgan fingerprint density at radius 3 is 1.81 bits per heavy atom. The molecule has 0 aliphatic heterocycles. The predicted molar refractivity (Wildman–Crippen MR) is 107 cm³/mol. The van der Waals surface area contributed by atoms with Crippen LogP contribution in [0.15, 0.2) is 91.0 Å². The fourth-order valence-corrected chi connectivity index (χ4v) is 5.32. The van der Waals surface area contributed by atoms with Crippen LogP contribution in [0.4, 0.5) is 0 Å². The van der Waals surface area contributed by atoms with Gasteiger partial charge in [0.1, 0.15) is 0 Å². The lowest BCUT2D eigenvalue weighted by atomic mass is 9.71. The fraction of sp³-hybridized carbons (Fsp3) is 0.0417. The summed E-state index contributed by atoms with van der Waals surface area (Å²) in [5, 5.41) is 0. The molecule has 0 radical (unpaired) electrons. The van der Waals surface area contributed by atoms with E-state index in [1.165, 1.54) is 32.7 Å². The van der Waals surface area contributed by atoms with E-state index in [2.05, 4.69) is 84.9 Å². The summed E-state index contributed by atoms with van der Waals surface area (Å²) in [6, 6.07) is 31.9. The van der Waals surface area contributed by atoms with Crippen molar-refractivity contribution >= 4 is 17.6 Å². The van der Waals surface area contributed by atoms with Gasteiger partial charge < -0.3 is 0 Å². The van der Waals surface area contributed by atoms with E-state index in [0.29, 0.717) is 0 Å². The Hall–Kier alpha value is -2.97. The van der Waals surface area contributed by atoms with E-state index < -0.39 is 0 Å². The van der Waals surface area contributed by atoms with Gasteiger partial charge in [0.15, 0.2) is 6.29 Å². The second-order valence-electron chi connectivity index (χ2n) is 6.53. The van der Waals surface area contributed by atoms with E-state index in [9.17, 15) is 4.79 Å². The first-order valence-electron chi connectivity index (χ1n) is 8.66. The number of hydrogen-bond donors (Lipinski definition) is 0. The molecule has 1 aliphatic rings. The summed E-state index contributed by atoms with van der Waals surface area (Å²) in [6.45, 7) is 0. The molecule has 0 spiro atoms. The highest BCUT2D eigenvalue weighted by Gasteiger charge is 2.46. The number of aldehydes is 1. The molecule has 0 saturated carbocycles. The van der Waals surface area contributed by atoms with E-state index in [1.54, 1.807) is 11.3 Å². The zero-order valence-corrected chi connectivity index (χ0v) is 14.9. The Morgan fingerprint density at radius 1 is 0.654 bits per heavy atom. The Labute approximate surface area is 156 Å². The maximum Gasteiger partial charge on any atom is 0.160 e. The van der Waals surface area contributed by atoms with Gasteiger partial charge in [-0.2, -0.15) is 0 Å². The summed E-state index contributed by atoms with van der Waals surface area (Å²) in [5.74, 6) is 0. The molecule has 1 heterocycles. The first-order chi connectivity index (χ1) is 12.9. The minimum atomic E-state index is -0.375. The number of benzene rings is 3. The summed E-state index contributed by atoms with van der Waals surface area (Å²) in [6.07, 6.45) is 0.944. The quantitative estimate of drug-likeness (QED) is 0.368. The van der Waals surface area contributed by atoms with E-state index in [-0.39, 0.29) is 5.41 Å². The van der Waals surface area contributed by atoms with E-state index in [4.69, 9.17) is 0 Å². The molecule has 3 aromatic carbocycles. The number of hydrogen-bond acceptors (Lipinski definition) is 2. The van der Waals surface area contributed by atoms with Crippen molar-refractivity contribution < 1.29 is 4.79 Å². The smallest absolute Gasteiger partial charge is 0.160 e. The average molecular weight is 352 g/mol. The van der Waals surface area contributed by atoms with Crippen LogP contribution in [0.3, 0.4) is 0 Å². The van der Waals surface area contributed by atoms with Gasteiger partial charge in [-0.15, -0.1) is 11.3 Å². The molecule has 0 bridgehead atoms. The second kappa shape index (κ2) is 5.79. The molecule has 5 rings (SSSR count). The van der Waals surface area contributed by atoms with Crippen molar-refractivity contribution in [3.63, 3.8) is 0 Å². The fourth-order valence-electron chi connectivity index (χ4n) is 4.26. The second-order valence-corrected chi connectivity index (χ2v) is 7.64. The number of rotatable bonds is 3. The molecular weight excluding hydrogens is 336 g/mol. The van der Waals surface area contributed by atoms with Gasteiger partial charge in [0.05, 0.1) is 10.3 Å². The van der Waals surface area contributed by atoms with Gasteiger partial charge in [0, 0.05) is 4.88 Å². The predicted octanol–water partition coefficient (Wildman–Crippen LogP) is 5.92. The van der Waals surface area contributed by atoms with Crippen molar-refractivity contribution in [1.82, 2.24) is 0 Å². The molecule has 0 saturated heterocycles. The number of thiophene rings is 1. The Bertz CT molecular complexity index is 1060. The largest absolute Gasteiger partial charge is 0.297 e. The third-order valence-electron chi connectivity index (χ3n) is 5.27. The van der Waals surface area contributed by atoms with Crippen LogP contribution in [0.5, 0.6) is 0 Å². The normalized spacial score (nSPS) is 13.8. The molecule has 1 aliphatic carbocycles. The van der Waals surface area contributed by atoms with Crippen molar-refractivity contribution in [2.75, 3.05) is 0 Å². The third-order valence-corrected chi connectivity index (χ3v) is 6.40. The maximum atomic E-state index is 11.4. The lowest BCUT2D eigenvalue weighted by molar-refractivity contribution is 0.112. The van der Waals surface area contributed by atoms with Crippen molar-refractivity contribution in [2.24, 2.45) is 0 Å². The number of carbonyl (C=O) groups excluding carboxylic acids is 1. The first kappa shape index (κ1) is 15.3. The molecule has 4 aromatic rings. The number of carbonyl (C=O) groups is 1. The van der Waals surface area contributed by atoms with Crippen molar-refractivity contribution in [3.8, 4) is 11.1 Å². The molecule has 0 atom stereocenters. The highest BCUT2D eigenvalue weighted by Crippen LogP contribution is 2.57. The highest BCUT2D eigenvalue weighted by molar-refractivity contribution is 7.13. The molecule has 2 heteroatoms. The number of fused-ring (bicyclic) bond motifs is 3. The minimum absolute atomic E-state index is 0.375. The monoisotopic (exact) mass is 352 g/mol. The molecule has 0 fully saturated rings. The van der Waals surface area contributed by atoms with Crippen LogP contribution < -0.4 is 0 Å². The van der Waals surface area contributed by atoms with Crippen LogP contribution in [0, 0.1) is 0 Å². The average Bonchev–Trinajstić information content (AvgIpc) is 3.30. The summed E-state index contributed by atoms with van der Waals surface area (Å²) in [4.78, 5) is 13.3. The van der Waals surface area contributed by atoms with E-state index in [0.717, 1.165) is 11.2 Å². The molecule has 0 unspecified atom stereocenters. The lowest BCUT2D eigenvalue weighted by Gasteiger charge is -2.32. The Morgan fingerprint density at radius 2 is 1.23 bits per heavy atom. The molecule has 1 aromatic heterocycles.